The molecule has 1 fully saturated rings. The highest BCUT2D eigenvalue weighted by Gasteiger charge is 2.61. The maximum absolute atomic E-state index is 14.9. The van der Waals surface area contributed by atoms with Crippen LogP contribution >= 0.6 is 23.2 Å². The maximum Gasteiger partial charge on any atom is 0.238 e. The topological polar surface area (TPSA) is 55.4 Å². The Balaban J connectivity index is 2.01. The molecule has 140 valence electrons. The van der Waals surface area contributed by atoms with Gasteiger partial charge >= 0.3 is 0 Å². The summed E-state index contributed by atoms with van der Waals surface area (Å²) in [5.41, 5.74) is 0.196. The normalized spacial score (nSPS) is 27.0. The lowest BCUT2D eigenvalue weighted by atomic mass is 9.59. The highest BCUT2D eigenvalue weighted by Crippen LogP contribution is 2.55. The number of carbonyl (C=O) groups is 2. The van der Waals surface area contributed by atoms with E-state index in [-0.39, 0.29) is 35.1 Å². The van der Waals surface area contributed by atoms with Gasteiger partial charge in [-0.1, -0.05) is 41.4 Å². The van der Waals surface area contributed by atoms with Crippen molar-refractivity contribution in [2.45, 2.75) is 30.3 Å². The highest BCUT2D eigenvalue weighted by molar-refractivity contribution is 6.31. The summed E-state index contributed by atoms with van der Waals surface area (Å²) in [5, 5.41) is 3.26. The Morgan fingerprint density at radius 1 is 1.19 bits per heavy atom. The monoisotopic (exact) mass is 407 g/mol. The lowest BCUT2D eigenvalue weighted by Crippen LogP contribution is -2.55. The third-order valence-corrected chi connectivity index (χ3v) is 6.12. The first-order valence-corrected chi connectivity index (χ1v) is 9.25. The van der Waals surface area contributed by atoms with Crippen molar-refractivity contribution in [1.29, 1.82) is 0 Å². The minimum absolute atomic E-state index is 0.0204. The average molecular weight is 408 g/mol. The number of ether oxygens (including phenoxy) is 1. The first kappa shape index (κ1) is 18.4. The van der Waals surface area contributed by atoms with Crippen LogP contribution in [0.25, 0.3) is 0 Å². The molecule has 27 heavy (non-hydrogen) atoms. The molecular weight excluding hydrogens is 392 g/mol. The number of halogens is 3. The fourth-order valence-electron chi connectivity index (χ4n) is 4.47. The maximum atomic E-state index is 14.9. The van der Waals surface area contributed by atoms with Crippen molar-refractivity contribution in [1.82, 2.24) is 0 Å². The summed E-state index contributed by atoms with van der Waals surface area (Å²) in [5.74, 6) is -1.79. The molecule has 2 aliphatic rings. The number of anilines is 1. The SMILES string of the molecule is CO[C@H]1CC(=O)CC(c2cccc(Cl)c2F)[C@@]12C(=O)Nc1cc(Cl)ccc12. The van der Waals surface area contributed by atoms with E-state index in [4.69, 9.17) is 27.9 Å². The number of benzene rings is 2. The first-order valence-electron chi connectivity index (χ1n) is 8.49. The summed E-state index contributed by atoms with van der Waals surface area (Å²) in [6.45, 7) is 0. The van der Waals surface area contributed by atoms with E-state index in [2.05, 4.69) is 5.32 Å². The number of ketones is 1. The van der Waals surface area contributed by atoms with Crippen LogP contribution in [0, 0.1) is 5.82 Å². The Labute approximate surface area is 165 Å². The van der Waals surface area contributed by atoms with Crippen LogP contribution in [0.4, 0.5) is 10.1 Å². The zero-order chi connectivity index (χ0) is 19.3. The second kappa shape index (κ2) is 6.59. The minimum Gasteiger partial charge on any atom is -0.379 e. The molecule has 0 radical (unpaired) electrons. The summed E-state index contributed by atoms with van der Waals surface area (Å²) < 4.78 is 20.5. The lowest BCUT2D eigenvalue weighted by Gasteiger charge is -2.44. The molecule has 2 aromatic carbocycles. The fraction of sp³-hybridized carbons (Fsp3) is 0.300. The fourth-order valence-corrected chi connectivity index (χ4v) is 4.83. The van der Waals surface area contributed by atoms with Crippen LogP contribution in [0.1, 0.15) is 29.9 Å². The molecular formula is C20H16Cl2FNO3. The van der Waals surface area contributed by atoms with Crippen molar-refractivity contribution >= 4 is 40.6 Å². The van der Waals surface area contributed by atoms with Gasteiger partial charge in [-0.2, -0.15) is 0 Å². The predicted molar refractivity (Wildman–Crippen MR) is 101 cm³/mol. The van der Waals surface area contributed by atoms with E-state index < -0.39 is 23.3 Å². The Kier molecular flexibility index (Phi) is 4.49. The van der Waals surface area contributed by atoms with Gasteiger partial charge in [-0.05, 0) is 29.3 Å². The van der Waals surface area contributed by atoms with E-state index in [0.29, 0.717) is 16.3 Å². The van der Waals surface area contributed by atoms with Gasteiger partial charge in [0.05, 0.1) is 11.1 Å². The van der Waals surface area contributed by atoms with Gasteiger partial charge in [-0.15, -0.1) is 0 Å². The summed E-state index contributed by atoms with van der Waals surface area (Å²) >= 11 is 12.1. The predicted octanol–water partition coefficient (Wildman–Crippen LogP) is 4.48. The molecule has 1 amide bonds. The smallest absolute Gasteiger partial charge is 0.238 e. The van der Waals surface area contributed by atoms with E-state index in [1.165, 1.54) is 13.2 Å². The number of hydrogen-bond acceptors (Lipinski definition) is 3. The Hall–Kier alpha value is -1.95. The van der Waals surface area contributed by atoms with Gasteiger partial charge < -0.3 is 10.1 Å². The van der Waals surface area contributed by atoms with Crippen LogP contribution < -0.4 is 5.32 Å². The highest BCUT2D eigenvalue weighted by atomic mass is 35.5. The molecule has 4 nitrogen and oxygen atoms in total. The van der Waals surface area contributed by atoms with Crippen LogP contribution in [0.5, 0.6) is 0 Å². The van der Waals surface area contributed by atoms with E-state index in [1.54, 1.807) is 30.3 Å². The number of hydrogen-bond donors (Lipinski definition) is 1. The third-order valence-electron chi connectivity index (χ3n) is 5.59. The van der Waals surface area contributed by atoms with Gasteiger partial charge in [0.2, 0.25) is 5.91 Å². The molecule has 0 bridgehead atoms. The Morgan fingerprint density at radius 2 is 1.96 bits per heavy atom. The van der Waals surface area contributed by atoms with Gasteiger partial charge in [0, 0.05) is 36.6 Å². The minimum atomic E-state index is -1.24. The van der Waals surface area contributed by atoms with Gasteiger partial charge in [0.25, 0.3) is 0 Å². The second-order valence-electron chi connectivity index (χ2n) is 6.88. The number of methoxy groups -OCH3 is 1. The van der Waals surface area contributed by atoms with Crippen LogP contribution in [0.15, 0.2) is 36.4 Å². The molecule has 3 atom stereocenters. The third kappa shape index (κ3) is 2.60. The molecule has 2 aromatic rings. The quantitative estimate of drug-likeness (QED) is 0.797. The molecule has 4 rings (SSSR count). The largest absolute Gasteiger partial charge is 0.379 e. The van der Waals surface area contributed by atoms with Crippen molar-refractivity contribution in [2.24, 2.45) is 0 Å². The Morgan fingerprint density at radius 3 is 2.70 bits per heavy atom. The molecule has 1 aliphatic heterocycles. The zero-order valence-electron chi connectivity index (χ0n) is 14.4. The van der Waals surface area contributed by atoms with Gasteiger partial charge in [-0.3, -0.25) is 9.59 Å². The van der Waals surface area contributed by atoms with Crippen molar-refractivity contribution in [2.75, 3.05) is 12.4 Å². The van der Waals surface area contributed by atoms with Crippen LogP contribution in [0.2, 0.25) is 10.0 Å². The first-order chi connectivity index (χ1) is 12.9. The lowest BCUT2D eigenvalue weighted by molar-refractivity contribution is -0.137. The molecule has 1 unspecified atom stereocenters. The number of amides is 1. The number of carbonyl (C=O) groups excluding carboxylic acids is 2. The molecule has 1 N–H and O–H groups in total. The second-order valence-corrected chi connectivity index (χ2v) is 7.72. The molecule has 1 heterocycles. The van der Waals surface area contributed by atoms with Gasteiger partial charge in [0.1, 0.15) is 17.0 Å². The van der Waals surface area contributed by atoms with Gasteiger partial charge in [0.15, 0.2) is 0 Å². The summed E-state index contributed by atoms with van der Waals surface area (Å²) in [6, 6.07) is 9.70. The van der Waals surface area contributed by atoms with Crippen LogP contribution in [0.3, 0.4) is 0 Å². The number of nitrogens with one attached hydrogen (secondary N) is 1. The number of fused-ring (bicyclic) bond motifs is 2. The summed E-state index contributed by atoms with van der Waals surface area (Å²) in [6.07, 6.45) is -0.637. The zero-order valence-corrected chi connectivity index (χ0v) is 15.9. The summed E-state index contributed by atoms with van der Waals surface area (Å²) in [4.78, 5) is 25.7. The van der Waals surface area contributed by atoms with Crippen LogP contribution in [-0.4, -0.2) is 24.9 Å². The molecule has 1 aliphatic carbocycles. The van der Waals surface area contributed by atoms with E-state index in [9.17, 15) is 14.0 Å². The summed E-state index contributed by atoms with van der Waals surface area (Å²) in [7, 11) is 1.46. The Bertz CT molecular complexity index is 964. The number of rotatable bonds is 2. The van der Waals surface area contributed by atoms with Crippen molar-refractivity contribution in [3.63, 3.8) is 0 Å². The molecule has 0 saturated heterocycles. The standard InChI is InChI=1S/C20H16Cl2FNO3/c1-27-17-9-11(25)8-14(12-3-2-4-15(22)18(12)23)20(17)13-6-5-10(21)7-16(13)24-19(20)26/h2-7,14,17H,8-9H2,1H3,(H,24,26)/t14?,17-,20+/m0/s1. The molecule has 1 saturated carbocycles. The van der Waals surface area contributed by atoms with E-state index >= 15 is 0 Å². The van der Waals surface area contributed by atoms with E-state index in [1.807, 2.05) is 0 Å². The number of Topliss-reactive ketones (excluding diaryl/α,β-unsaturated/α-hetero) is 1. The van der Waals surface area contributed by atoms with Crippen molar-refractivity contribution in [3.8, 4) is 0 Å². The van der Waals surface area contributed by atoms with Crippen molar-refractivity contribution < 1.29 is 18.7 Å². The molecule has 7 heteroatoms. The molecule has 0 aromatic heterocycles. The average Bonchev–Trinajstić information content (AvgIpc) is 2.91. The van der Waals surface area contributed by atoms with Crippen molar-refractivity contribution in [3.05, 3.63) is 63.4 Å². The molecule has 1 spiro atoms. The van der Waals surface area contributed by atoms with Gasteiger partial charge in [-0.25, -0.2) is 4.39 Å². The van der Waals surface area contributed by atoms with E-state index in [0.717, 1.165) is 0 Å². The van der Waals surface area contributed by atoms with Crippen LogP contribution in [-0.2, 0) is 19.7 Å².